The minimum absolute atomic E-state index is 0.0687. The fourth-order valence-corrected chi connectivity index (χ4v) is 3.19. The van der Waals surface area contributed by atoms with E-state index in [0.29, 0.717) is 40.1 Å². The quantitative estimate of drug-likeness (QED) is 0.531. The molecule has 3 aromatic rings. The zero-order valence-electron chi connectivity index (χ0n) is 16.1. The number of hydrogen-bond donors (Lipinski definition) is 2. The van der Waals surface area contributed by atoms with Crippen molar-refractivity contribution in [2.24, 2.45) is 0 Å². The normalized spacial score (nSPS) is 10.6. The number of hydrogen-bond acceptors (Lipinski definition) is 5. The van der Waals surface area contributed by atoms with Crippen LogP contribution in [0.3, 0.4) is 0 Å². The van der Waals surface area contributed by atoms with Crippen molar-refractivity contribution >= 4 is 29.7 Å². The average molecular weight is 433 g/mol. The molecule has 9 heteroatoms. The second-order valence-electron chi connectivity index (χ2n) is 6.23. The summed E-state index contributed by atoms with van der Waals surface area (Å²) in [5, 5.41) is 10.5. The van der Waals surface area contributed by atoms with E-state index in [2.05, 4.69) is 15.5 Å². The summed E-state index contributed by atoms with van der Waals surface area (Å²) in [5.41, 5.74) is 1.85. The molecule has 0 bridgehead atoms. The van der Waals surface area contributed by atoms with E-state index in [1.807, 2.05) is 30.3 Å². The lowest BCUT2D eigenvalue weighted by molar-refractivity contribution is -0.121. The Morgan fingerprint density at radius 3 is 2.59 bits per heavy atom. The summed E-state index contributed by atoms with van der Waals surface area (Å²) in [7, 11) is 3.19. The topological polar surface area (TPSA) is 81.2 Å². The molecule has 0 unspecified atom stereocenters. The van der Waals surface area contributed by atoms with Crippen LogP contribution in [0.5, 0.6) is 11.5 Å². The number of benzene rings is 2. The Morgan fingerprint density at radius 2 is 1.90 bits per heavy atom. The molecule has 0 fully saturated rings. The highest BCUT2D eigenvalue weighted by molar-refractivity contribution is 7.71. The highest BCUT2D eigenvalue weighted by Gasteiger charge is 2.12. The van der Waals surface area contributed by atoms with Crippen LogP contribution in [-0.2, 0) is 17.8 Å². The van der Waals surface area contributed by atoms with E-state index in [4.69, 9.17) is 33.3 Å². The number of nitrogens with zero attached hydrogens (tertiary/aromatic N) is 2. The molecule has 152 valence electrons. The Bertz CT molecular complexity index is 1050. The van der Waals surface area contributed by atoms with Crippen LogP contribution >= 0.6 is 23.8 Å². The first-order valence-electron chi connectivity index (χ1n) is 8.90. The maximum absolute atomic E-state index is 12.4. The van der Waals surface area contributed by atoms with Gasteiger partial charge in [-0.2, -0.15) is 5.10 Å². The molecule has 0 saturated heterocycles. The van der Waals surface area contributed by atoms with Gasteiger partial charge in [0.15, 0.2) is 22.1 Å². The molecule has 2 aromatic carbocycles. The Morgan fingerprint density at radius 1 is 1.17 bits per heavy atom. The Hall–Kier alpha value is -2.84. The largest absolute Gasteiger partial charge is 0.493 e. The lowest BCUT2D eigenvalue weighted by atomic mass is 10.1. The lowest BCUT2D eigenvalue weighted by Gasteiger charge is -2.11. The molecule has 0 aliphatic carbocycles. The van der Waals surface area contributed by atoms with E-state index in [0.717, 1.165) is 11.1 Å². The number of nitrogens with one attached hydrogen (secondary N) is 2. The van der Waals surface area contributed by atoms with E-state index in [-0.39, 0.29) is 12.5 Å². The number of methoxy groups -OCH3 is 2. The number of carbonyl (C=O) groups excluding carboxylic acids is 1. The van der Waals surface area contributed by atoms with Gasteiger partial charge in [0.05, 0.1) is 14.2 Å². The molecule has 1 amide bonds. The summed E-state index contributed by atoms with van der Waals surface area (Å²) in [6.45, 7) is 0.551. The van der Waals surface area contributed by atoms with Gasteiger partial charge in [0.2, 0.25) is 5.91 Å². The van der Waals surface area contributed by atoms with Crippen LogP contribution in [0.2, 0.25) is 5.02 Å². The van der Waals surface area contributed by atoms with Gasteiger partial charge >= 0.3 is 0 Å². The number of H-pyrrole nitrogens is 1. The van der Waals surface area contributed by atoms with Crippen molar-refractivity contribution in [3.05, 3.63) is 57.8 Å². The fraction of sp³-hybridized carbons (Fsp3) is 0.250. The van der Waals surface area contributed by atoms with Crippen molar-refractivity contribution in [3.63, 3.8) is 0 Å². The molecule has 0 spiro atoms. The van der Waals surface area contributed by atoms with Crippen molar-refractivity contribution in [3.8, 4) is 22.9 Å². The van der Waals surface area contributed by atoms with Crippen LogP contribution in [-0.4, -0.2) is 41.4 Å². The minimum Gasteiger partial charge on any atom is -0.493 e. The summed E-state index contributed by atoms with van der Waals surface area (Å²) >= 11 is 11.2. The number of amides is 1. The highest BCUT2D eigenvalue weighted by Crippen LogP contribution is 2.27. The number of aromatic amines is 1. The van der Waals surface area contributed by atoms with Gasteiger partial charge in [-0.25, -0.2) is 0 Å². The van der Waals surface area contributed by atoms with E-state index < -0.39 is 0 Å². The summed E-state index contributed by atoms with van der Waals surface area (Å²) < 4.78 is 12.6. The van der Waals surface area contributed by atoms with E-state index in [9.17, 15) is 4.79 Å². The summed E-state index contributed by atoms with van der Waals surface area (Å²) in [6, 6.07) is 12.9. The molecule has 1 aromatic heterocycles. The van der Waals surface area contributed by atoms with Gasteiger partial charge in [0.1, 0.15) is 6.54 Å². The lowest BCUT2D eigenvalue weighted by Crippen LogP contribution is -2.29. The maximum atomic E-state index is 12.4. The average Bonchev–Trinajstić information content (AvgIpc) is 3.08. The molecule has 0 atom stereocenters. The monoisotopic (exact) mass is 432 g/mol. The fourth-order valence-electron chi connectivity index (χ4n) is 2.87. The van der Waals surface area contributed by atoms with Crippen molar-refractivity contribution in [2.75, 3.05) is 20.8 Å². The molecule has 1 heterocycles. The number of rotatable bonds is 8. The van der Waals surface area contributed by atoms with E-state index in [1.165, 1.54) is 0 Å². The molecule has 29 heavy (non-hydrogen) atoms. The van der Waals surface area contributed by atoms with Gasteiger partial charge in [0.25, 0.3) is 0 Å². The first kappa shape index (κ1) is 20.9. The van der Waals surface area contributed by atoms with Crippen LogP contribution in [0.25, 0.3) is 11.4 Å². The molecule has 3 rings (SSSR count). The molecular weight excluding hydrogens is 412 g/mol. The van der Waals surface area contributed by atoms with Crippen molar-refractivity contribution in [1.82, 2.24) is 20.1 Å². The van der Waals surface area contributed by atoms with Gasteiger partial charge in [-0.3, -0.25) is 14.5 Å². The minimum atomic E-state index is -0.154. The van der Waals surface area contributed by atoms with Gasteiger partial charge in [0, 0.05) is 17.1 Å². The third-order valence-electron chi connectivity index (χ3n) is 4.35. The van der Waals surface area contributed by atoms with Gasteiger partial charge in [-0.15, -0.1) is 0 Å². The second-order valence-corrected chi connectivity index (χ2v) is 7.06. The molecule has 0 aliphatic rings. The smallest absolute Gasteiger partial charge is 0.240 e. The first-order valence-corrected chi connectivity index (χ1v) is 9.69. The van der Waals surface area contributed by atoms with E-state index >= 15 is 0 Å². The number of ether oxygens (including phenoxy) is 2. The van der Waals surface area contributed by atoms with Crippen LogP contribution in [0.4, 0.5) is 0 Å². The molecule has 0 saturated carbocycles. The van der Waals surface area contributed by atoms with Crippen LogP contribution in [0, 0.1) is 4.77 Å². The molecule has 0 radical (unpaired) electrons. The standard InChI is InChI=1S/C20H21ClN4O3S/c1-27-16-8-3-13(11-17(16)28-2)9-10-22-18(26)12-25-19(23-24-20(25)29)14-4-6-15(21)7-5-14/h3-8,11H,9-10,12H2,1-2H3,(H,22,26)(H,24,29). The van der Waals surface area contributed by atoms with Crippen LogP contribution < -0.4 is 14.8 Å². The van der Waals surface area contributed by atoms with Crippen LogP contribution in [0.1, 0.15) is 5.56 Å². The van der Waals surface area contributed by atoms with E-state index in [1.54, 1.807) is 30.9 Å². The van der Waals surface area contributed by atoms with Crippen molar-refractivity contribution in [1.29, 1.82) is 0 Å². The Balaban J connectivity index is 1.61. The third-order valence-corrected chi connectivity index (χ3v) is 4.91. The molecule has 2 N–H and O–H groups in total. The SMILES string of the molecule is COc1ccc(CCNC(=O)Cn2c(-c3ccc(Cl)cc3)n[nH]c2=S)cc1OC. The van der Waals surface area contributed by atoms with Gasteiger partial charge in [-0.05, 0) is 60.6 Å². The van der Waals surface area contributed by atoms with Crippen molar-refractivity contribution in [2.45, 2.75) is 13.0 Å². The molecule has 7 nitrogen and oxygen atoms in total. The van der Waals surface area contributed by atoms with Gasteiger partial charge in [-0.1, -0.05) is 17.7 Å². The molecular formula is C20H21ClN4O3S. The third kappa shape index (κ3) is 5.16. The van der Waals surface area contributed by atoms with Gasteiger partial charge < -0.3 is 14.8 Å². The second kappa shape index (κ2) is 9.58. The summed E-state index contributed by atoms with van der Waals surface area (Å²) in [4.78, 5) is 12.4. The first-order chi connectivity index (χ1) is 14.0. The summed E-state index contributed by atoms with van der Waals surface area (Å²) in [5.74, 6) is 1.76. The number of aromatic nitrogens is 3. The predicted octanol–water partition coefficient (Wildman–Crippen LogP) is 3.64. The Kier molecular flexibility index (Phi) is 6.90. The Labute approximate surface area is 178 Å². The summed E-state index contributed by atoms with van der Waals surface area (Å²) in [6.07, 6.45) is 0.660. The highest BCUT2D eigenvalue weighted by atomic mass is 35.5. The van der Waals surface area contributed by atoms with Crippen molar-refractivity contribution < 1.29 is 14.3 Å². The zero-order valence-corrected chi connectivity index (χ0v) is 17.6. The predicted molar refractivity (Wildman–Crippen MR) is 114 cm³/mol. The maximum Gasteiger partial charge on any atom is 0.240 e. The van der Waals surface area contributed by atoms with Crippen LogP contribution in [0.15, 0.2) is 42.5 Å². The number of carbonyl (C=O) groups is 1. The number of halogens is 1. The zero-order chi connectivity index (χ0) is 20.8. The molecule has 0 aliphatic heterocycles.